The molecule has 0 spiro atoms. The molecule has 0 saturated heterocycles. The van der Waals surface area contributed by atoms with Gasteiger partial charge >= 0.3 is 0 Å². The van der Waals surface area contributed by atoms with Gasteiger partial charge in [-0.05, 0) is 37.5 Å². The highest BCUT2D eigenvalue weighted by molar-refractivity contribution is 4.89. The predicted molar refractivity (Wildman–Crippen MR) is 63.0 cm³/mol. The molecule has 0 atom stereocenters. The van der Waals surface area contributed by atoms with Crippen molar-refractivity contribution < 1.29 is 4.74 Å². The van der Waals surface area contributed by atoms with Gasteiger partial charge in [0.25, 0.3) is 0 Å². The van der Waals surface area contributed by atoms with Crippen molar-refractivity contribution in [3.63, 3.8) is 0 Å². The fourth-order valence-electron chi connectivity index (χ4n) is 2.93. The first-order valence-electron chi connectivity index (χ1n) is 6.57. The maximum atomic E-state index is 5.25. The molecule has 0 heterocycles. The lowest BCUT2D eigenvalue weighted by molar-refractivity contribution is 0.129. The topological polar surface area (TPSA) is 21.3 Å². The maximum Gasteiger partial charge on any atom is 0.0468 e. The van der Waals surface area contributed by atoms with E-state index < -0.39 is 0 Å². The summed E-state index contributed by atoms with van der Waals surface area (Å²) in [7, 11) is 1.82. The summed E-state index contributed by atoms with van der Waals surface area (Å²) in [6.07, 6.45) is 11.2. The Morgan fingerprint density at radius 3 is 2.47 bits per heavy atom. The van der Waals surface area contributed by atoms with Gasteiger partial charge in [0.15, 0.2) is 0 Å². The molecule has 15 heavy (non-hydrogen) atoms. The lowest BCUT2D eigenvalue weighted by atomic mass is 9.81. The minimum absolute atomic E-state index is 0.575. The first-order chi connectivity index (χ1) is 7.35. The lowest BCUT2D eigenvalue weighted by Crippen LogP contribution is -2.42. The van der Waals surface area contributed by atoms with Crippen LogP contribution in [0.2, 0.25) is 0 Å². The number of ether oxygens (including phenoxy) is 1. The molecular weight excluding hydrogens is 186 g/mol. The van der Waals surface area contributed by atoms with Gasteiger partial charge in [-0.2, -0.15) is 0 Å². The molecule has 0 radical (unpaired) electrons. The van der Waals surface area contributed by atoms with Gasteiger partial charge in [0.2, 0.25) is 0 Å². The molecule has 2 nitrogen and oxygen atoms in total. The van der Waals surface area contributed by atoms with Crippen LogP contribution in [-0.4, -0.2) is 26.3 Å². The lowest BCUT2D eigenvalue weighted by Gasteiger charge is -2.34. The zero-order valence-electron chi connectivity index (χ0n) is 10.1. The molecule has 88 valence electrons. The van der Waals surface area contributed by atoms with Gasteiger partial charge in [-0.1, -0.05) is 19.3 Å². The van der Waals surface area contributed by atoms with E-state index in [2.05, 4.69) is 5.32 Å². The Bertz CT molecular complexity index is 183. The average Bonchev–Trinajstić information content (AvgIpc) is 2.62. The van der Waals surface area contributed by atoms with E-state index in [4.69, 9.17) is 4.74 Å². The third-order valence-corrected chi connectivity index (χ3v) is 4.37. The van der Waals surface area contributed by atoms with Crippen LogP contribution in [-0.2, 0) is 4.74 Å². The van der Waals surface area contributed by atoms with Crippen LogP contribution in [0.3, 0.4) is 0 Å². The van der Waals surface area contributed by atoms with Crippen LogP contribution in [0, 0.1) is 5.41 Å². The molecule has 0 aromatic rings. The van der Waals surface area contributed by atoms with Crippen LogP contribution in [0.25, 0.3) is 0 Å². The summed E-state index contributed by atoms with van der Waals surface area (Å²) >= 11 is 0. The highest BCUT2D eigenvalue weighted by Crippen LogP contribution is 2.40. The highest BCUT2D eigenvalue weighted by Gasteiger charge is 2.34. The van der Waals surface area contributed by atoms with E-state index in [0.29, 0.717) is 5.41 Å². The Kier molecular flexibility index (Phi) is 4.04. The fourth-order valence-corrected chi connectivity index (χ4v) is 2.93. The molecule has 2 saturated carbocycles. The fraction of sp³-hybridized carbons (Fsp3) is 1.00. The average molecular weight is 211 g/mol. The molecule has 2 rings (SSSR count). The molecule has 0 aromatic heterocycles. The molecule has 0 bridgehead atoms. The van der Waals surface area contributed by atoms with Crippen molar-refractivity contribution in [3.05, 3.63) is 0 Å². The van der Waals surface area contributed by atoms with Crippen molar-refractivity contribution in [2.45, 2.75) is 57.4 Å². The van der Waals surface area contributed by atoms with Crippen LogP contribution in [0.5, 0.6) is 0 Å². The molecule has 2 heteroatoms. The summed E-state index contributed by atoms with van der Waals surface area (Å²) in [5.41, 5.74) is 0.575. The number of nitrogens with one attached hydrogen (secondary N) is 1. The van der Waals surface area contributed by atoms with Crippen LogP contribution in [0.15, 0.2) is 0 Å². The van der Waals surface area contributed by atoms with E-state index in [-0.39, 0.29) is 0 Å². The minimum atomic E-state index is 0.575. The third kappa shape index (κ3) is 2.94. The zero-order chi connectivity index (χ0) is 10.6. The quantitative estimate of drug-likeness (QED) is 0.729. The van der Waals surface area contributed by atoms with Gasteiger partial charge in [-0.25, -0.2) is 0 Å². The van der Waals surface area contributed by atoms with Crippen molar-refractivity contribution >= 4 is 0 Å². The number of methoxy groups -OCH3 is 1. The van der Waals surface area contributed by atoms with Crippen LogP contribution in [0.1, 0.15) is 51.4 Å². The van der Waals surface area contributed by atoms with Crippen molar-refractivity contribution in [2.24, 2.45) is 5.41 Å². The van der Waals surface area contributed by atoms with Gasteiger partial charge in [-0.15, -0.1) is 0 Å². The smallest absolute Gasteiger partial charge is 0.0468 e. The Hall–Kier alpha value is -0.0800. The van der Waals surface area contributed by atoms with Gasteiger partial charge in [-0.3, -0.25) is 0 Å². The number of hydrogen-bond donors (Lipinski definition) is 1. The molecule has 2 aliphatic rings. The molecule has 2 fully saturated rings. The van der Waals surface area contributed by atoms with Gasteiger partial charge < -0.3 is 10.1 Å². The summed E-state index contributed by atoms with van der Waals surface area (Å²) in [5, 5.41) is 3.76. The summed E-state index contributed by atoms with van der Waals surface area (Å²) < 4.78 is 5.25. The second kappa shape index (κ2) is 5.31. The Balaban J connectivity index is 1.75. The molecule has 0 aromatic carbocycles. The van der Waals surface area contributed by atoms with E-state index in [0.717, 1.165) is 12.6 Å². The first-order valence-corrected chi connectivity index (χ1v) is 6.57. The molecule has 1 N–H and O–H groups in total. The van der Waals surface area contributed by atoms with Gasteiger partial charge in [0.1, 0.15) is 0 Å². The largest absolute Gasteiger partial charge is 0.385 e. The third-order valence-electron chi connectivity index (χ3n) is 4.37. The van der Waals surface area contributed by atoms with Crippen LogP contribution in [0.4, 0.5) is 0 Å². The zero-order valence-corrected chi connectivity index (χ0v) is 10.1. The Morgan fingerprint density at radius 2 is 1.93 bits per heavy atom. The van der Waals surface area contributed by atoms with E-state index in [1.54, 1.807) is 0 Å². The highest BCUT2D eigenvalue weighted by atomic mass is 16.5. The first kappa shape index (κ1) is 11.4. The van der Waals surface area contributed by atoms with Crippen LogP contribution >= 0.6 is 0 Å². The van der Waals surface area contributed by atoms with E-state index >= 15 is 0 Å². The normalized spacial score (nSPS) is 25.4. The summed E-state index contributed by atoms with van der Waals surface area (Å²) in [5.74, 6) is 0. The minimum Gasteiger partial charge on any atom is -0.385 e. The van der Waals surface area contributed by atoms with Gasteiger partial charge in [0, 0.05) is 26.3 Å². The number of hydrogen-bond acceptors (Lipinski definition) is 2. The second-order valence-corrected chi connectivity index (χ2v) is 5.46. The van der Waals surface area contributed by atoms with Crippen LogP contribution < -0.4 is 5.32 Å². The number of rotatable bonds is 6. The van der Waals surface area contributed by atoms with E-state index in [1.807, 2.05) is 7.11 Å². The van der Waals surface area contributed by atoms with E-state index in [9.17, 15) is 0 Å². The van der Waals surface area contributed by atoms with Gasteiger partial charge in [0.05, 0.1) is 0 Å². The Morgan fingerprint density at radius 1 is 1.20 bits per heavy atom. The van der Waals surface area contributed by atoms with Crippen molar-refractivity contribution in [3.8, 4) is 0 Å². The second-order valence-electron chi connectivity index (χ2n) is 5.46. The maximum absolute atomic E-state index is 5.25. The standard InChI is InChI=1S/C13H25NO/c1-15-10-9-13(7-2-3-8-13)11-14-12-5-4-6-12/h12,14H,2-11H2,1H3. The van der Waals surface area contributed by atoms with Crippen molar-refractivity contribution in [1.82, 2.24) is 5.32 Å². The molecule has 2 aliphatic carbocycles. The van der Waals surface area contributed by atoms with Crippen molar-refractivity contribution in [2.75, 3.05) is 20.3 Å². The summed E-state index contributed by atoms with van der Waals surface area (Å²) in [6.45, 7) is 2.17. The summed E-state index contributed by atoms with van der Waals surface area (Å²) in [6, 6.07) is 0.838. The SMILES string of the molecule is COCCC1(CNC2CCC2)CCCC1. The Labute approximate surface area is 93.8 Å². The van der Waals surface area contributed by atoms with E-state index in [1.165, 1.54) is 57.9 Å². The summed E-state index contributed by atoms with van der Waals surface area (Å²) in [4.78, 5) is 0. The predicted octanol–water partition coefficient (Wildman–Crippen LogP) is 2.73. The molecular formula is C13H25NO. The molecule has 0 aliphatic heterocycles. The monoisotopic (exact) mass is 211 g/mol. The molecule has 0 amide bonds. The molecule has 0 unspecified atom stereocenters. The van der Waals surface area contributed by atoms with Crippen molar-refractivity contribution in [1.29, 1.82) is 0 Å².